The number of hydrogen-bond donors (Lipinski definition) is 1. The average molecular weight is 285 g/mol. The van der Waals surface area contributed by atoms with E-state index in [2.05, 4.69) is 0 Å². The molecule has 1 heterocycles. The molecule has 9 nitrogen and oxygen atoms in total. The van der Waals surface area contributed by atoms with E-state index >= 15 is 0 Å². The number of likely N-dealkylation sites (tertiary alicyclic amines) is 1. The van der Waals surface area contributed by atoms with E-state index in [1.807, 2.05) is 0 Å². The zero-order chi connectivity index (χ0) is 15.1. The first-order valence-corrected chi connectivity index (χ1v) is 6.21. The maximum absolute atomic E-state index is 11.5. The highest BCUT2D eigenvalue weighted by Gasteiger charge is 2.67. The SMILES string of the molecule is CC1=CC[C@]2([N+](=O)[O-])C[NH+](CC(=O)[O-])C[C@@]1([N+](=O)[O-])C2. The lowest BCUT2D eigenvalue weighted by molar-refractivity contribution is -0.938. The maximum atomic E-state index is 11.5. The van der Waals surface area contributed by atoms with Crippen LogP contribution < -0.4 is 10.0 Å². The number of aliphatic carboxylic acids is 1. The van der Waals surface area contributed by atoms with Gasteiger partial charge in [-0.15, -0.1) is 0 Å². The summed E-state index contributed by atoms with van der Waals surface area (Å²) in [6.07, 6.45) is 1.46. The van der Waals surface area contributed by atoms with Gasteiger partial charge in [-0.05, 0) is 6.92 Å². The van der Waals surface area contributed by atoms with Gasteiger partial charge in [0.2, 0.25) is 0 Å². The van der Waals surface area contributed by atoms with E-state index in [0.29, 0.717) is 10.5 Å². The van der Waals surface area contributed by atoms with Gasteiger partial charge in [-0.3, -0.25) is 20.2 Å². The van der Waals surface area contributed by atoms with Gasteiger partial charge in [0.05, 0.1) is 5.97 Å². The van der Waals surface area contributed by atoms with Crippen molar-refractivity contribution in [1.82, 2.24) is 0 Å². The summed E-state index contributed by atoms with van der Waals surface area (Å²) in [5.41, 5.74) is -2.54. The van der Waals surface area contributed by atoms with Crippen LogP contribution in [-0.2, 0) is 4.79 Å². The Balaban J connectivity index is 2.47. The number of nitrogens with zero attached hydrogens (tertiary/aromatic N) is 2. The lowest BCUT2D eigenvalue weighted by Crippen LogP contribution is -3.19. The minimum absolute atomic E-state index is 0.0344. The molecule has 1 saturated heterocycles. The van der Waals surface area contributed by atoms with Crippen molar-refractivity contribution in [1.29, 1.82) is 0 Å². The minimum Gasteiger partial charge on any atom is -0.544 e. The summed E-state index contributed by atoms with van der Waals surface area (Å²) >= 11 is 0. The molecular weight excluding hydrogens is 270 g/mol. The number of fused-ring (bicyclic) bond motifs is 2. The van der Waals surface area contributed by atoms with E-state index in [1.54, 1.807) is 13.0 Å². The second-order valence-electron chi connectivity index (χ2n) is 5.69. The molecule has 1 N–H and O–H groups in total. The van der Waals surface area contributed by atoms with Crippen LogP contribution in [0.5, 0.6) is 0 Å². The Kier molecular flexibility index (Phi) is 3.24. The number of carboxylic acids is 1. The van der Waals surface area contributed by atoms with Crippen LogP contribution in [0.2, 0.25) is 0 Å². The first kappa shape index (κ1) is 14.4. The molecule has 1 fully saturated rings. The molecule has 2 rings (SSSR count). The lowest BCUT2D eigenvalue weighted by atomic mass is 9.68. The third kappa shape index (κ3) is 2.03. The number of hydrogen-bond acceptors (Lipinski definition) is 6. The van der Waals surface area contributed by atoms with Gasteiger partial charge >= 0.3 is 0 Å². The fourth-order valence-corrected chi connectivity index (χ4v) is 3.37. The Morgan fingerprint density at radius 2 is 2.00 bits per heavy atom. The summed E-state index contributed by atoms with van der Waals surface area (Å²) in [4.78, 5) is 32.9. The van der Waals surface area contributed by atoms with E-state index in [1.165, 1.54) is 0 Å². The Hall–Kier alpha value is -2.03. The maximum Gasteiger partial charge on any atom is 0.297 e. The van der Waals surface area contributed by atoms with Crippen LogP contribution in [0.15, 0.2) is 11.6 Å². The Morgan fingerprint density at radius 3 is 2.50 bits per heavy atom. The topological polar surface area (TPSA) is 131 Å². The molecule has 110 valence electrons. The van der Waals surface area contributed by atoms with E-state index in [0.717, 1.165) is 0 Å². The number of nitro groups is 2. The molecule has 9 heteroatoms. The highest BCUT2D eigenvalue weighted by Crippen LogP contribution is 2.40. The highest BCUT2D eigenvalue weighted by atomic mass is 16.6. The standard InChI is InChI=1S/C11H15N3O6/c1-8-2-3-10(13(17)18)5-11(8,14(19)20)7-12(6-10)4-9(15)16/h2H,3-7H2,1H3,(H,15,16)/t10-,11+/m1/s1. The van der Waals surface area contributed by atoms with Crippen molar-refractivity contribution >= 4 is 5.97 Å². The number of carbonyl (C=O) groups excluding carboxylic acids is 1. The van der Waals surface area contributed by atoms with Crippen molar-refractivity contribution in [2.45, 2.75) is 30.8 Å². The second-order valence-corrected chi connectivity index (χ2v) is 5.69. The smallest absolute Gasteiger partial charge is 0.297 e. The van der Waals surface area contributed by atoms with Crippen molar-refractivity contribution in [3.05, 3.63) is 31.9 Å². The monoisotopic (exact) mass is 285 g/mol. The normalized spacial score (nSPS) is 36.0. The molecule has 1 aliphatic carbocycles. The second kappa shape index (κ2) is 4.51. The summed E-state index contributed by atoms with van der Waals surface area (Å²) < 4.78 is 0. The van der Waals surface area contributed by atoms with Crippen LogP contribution in [0.4, 0.5) is 0 Å². The van der Waals surface area contributed by atoms with E-state index < -0.39 is 33.4 Å². The van der Waals surface area contributed by atoms with Gasteiger partial charge in [0, 0.05) is 21.8 Å². The predicted molar refractivity (Wildman–Crippen MR) is 63.0 cm³/mol. The Bertz CT molecular complexity index is 518. The van der Waals surface area contributed by atoms with Crippen molar-refractivity contribution in [3.8, 4) is 0 Å². The van der Waals surface area contributed by atoms with Crippen LogP contribution in [0.3, 0.4) is 0 Å². The fourth-order valence-electron chi connectivity index (χ4n) is 3.37. The quantitative estimate of drug-likeness (QED) is 0.342. The van der Waals surface area contributed by atoms with Gasteiger partial charge in [-0.25, -0.2) is 0 Å². The average Bonchev–Trinajstić information content (AvgIpc) is 2.33. The first-order valence-electron chi connectivity index (χ1n) is 6.21. The Morgan fingerprint density at radius 1 is 1.35 bits per heavy atom. The third-order valence-corrected chi connectivity index (χ3v) is 4.40. The molecule has 20 heavy (non-hydrogen) atoms. The predicted octanol–water partition coefficient (Wildman–Crippen LogP) is -2.59. The number of carbonyl (C=O) groups is 1. The van der Waals surface area contributed by atoms with Crippen LogP contribution in [-0.4, -0.2) is 46.5 Å². The van der Waals surface area contributed by atoms with Crippen LogP contribution in [0, 0.1) is 20.2 Å². The van der Waals surface area contributed by atoms with Crippen LogP contribution in [0.25, 0.3) is 0 Å². The summed E-state index contributed by atoms with van der Waals surface area (Å²) in [7, 11) is 0. The van der Waals surface area contributed by atoms with E-state index in [9.17, 15) is 30.1 Å². The molecule has 2 bridgehead atoms. The Labute approximate surface area is 114 Å². The molecule has 0 saturated carbocycles. The van der Waals surface area contributed by atoms with Gasteiger partial charge in [-0.1, -0.05) is 6.08 Å². The number of carboxylic acid groups (broad SMARTS) is 1. The molecule has 0 radical (unpaired) electrons. The molecule has 0 aromatic heterocycles. The van der Waals surface area contributed by atoms with Crippen molar-refractivity contribution in [3.63, 3.8) is 0 Å². The van der Waals surface area contributed by atoms with Crippen molar-refractivity contribution < 1.29 is 24.6 Å². The molecule has 0 amide bonds. The number of piperidine rings is 1. The first-order chi connectivity index (χ1) is 9.22. The van der Waals surface area contributed by atoms with Crippen molar-refractivity contribution in [2.24, 2.45) is 0 Å². The molecule has 1 aliphatic heterocycles. The van der Waals surface area contributed by atoms with Gasteiger partial charge in [-0.2, -0.15) is 0 Å². The van der Waals surface area contributed by atoms with Crippen LogP contribution in [0.1, 0.15) is 19.8 Å². The molecule has 0 spiro atoms. The van der Waals surface area contributed by atoms with Crippen molar-refractivity contribution in [2.75, 3.05) is 19.6 Å². The lowest BCUT2D eigenvalue weighted by Gasteiger charge is -2.43. The zero-order valence-corrected chi connectivity index (χ0v) is 11.0. The molecule has 2 aliphatic rings. The number of quaternary nitrogens is 1. The molecule has 3 atom stereocenters. The zero-order valence-electron chi connectivity index (χ0n) is 11.0. The highest BCUT2D eigenvalue weighted by molar-refractivity contribution is 5.65. The van der Waals surface area contributed by atoms with Gasteiger partial charge < -0.3 is 14.8 Å². The summed E-state index contributed by atoms with van der Waals surface area (Å²) in [5.74, 6) is -1.36. The third-order valence-electron chi connectivity index (χ3n) is 4.40. The molecular formula is C11H15N3O6. The number of rotatable bonds is 4. The fraction of sp³-hybridized carbons (Fsp3) is 0.727. The van der Waals surface area contributed by atoms with E-state index in [-0.39, 0.29) is 25.9 Å². The minimum atomic E-state index is -1.55. The molecule has 0 aromatic rings. The summed E-state index contributed by atoms with van der Waals surface area (Å²) in [6.45, 7) is 1.02. The number of nitrogens with one attached hydrogen (secondary N) is 1. The summed E-state index contributed by atoms with van der Waals surface area (Å²) in [5, 5.41) is 33.6. The molecule has 0 aromatic carbocycles. The summed E-state index contributed by atoms with van der Waals surface area (Å²) in [6, 6.07) is 0. The van der Waals surface area contributed by atoms with Gasteiger partial charge in [0.25, 0.3) is 11.1 Å². The largest absolute Gasteiger partial charge is 0.544 e. The van der Waals surface area contributed by atoms with Crippen LogP contribution >= 0.6 is 0 Å². The van der Waals surface area contributed by atoms with E-state index in [4.69, 9.17) is 0 Å². The molecule has 1 unspecified atom stereocenters. The van der Waals surface area contributed by atoms with Gasteiger partial charge in [0.15, 0.2) is 6.54 Å². The van der Waals surface area contributed by atoms with Gasteiger partial charge in [0.1, 0.15) is 19.5 Å².